The van der Waals surface area contributed by atoms with E-state index >= 15 is 0 Å². The smallest absolute Gasteiger partial charge is 0.0490 e. The molecule has 0 amide bonds. The van der Waals surface area contributed by atoms with Gasteiger partial charge in [0, 0.05) is 22.1 Å². The molecule has 15 heavy (non-hydrogen) atoms. The predicted molar refractivity (Wildman–Crippen MR) is 66.4 cm³/mol. The molecule has 0 spiro atoms. The summed E-state index contributed by atoms with van der Waals surface area (Å²) in [6.07, 6.45) is 0. The van der Waals surface area contributed by atoms with E-state index in [1.165, 1.54) is 22.2 Å². The number of hydrogen-bond acceptors (Lipinski definition) is 0. The fourth-order valence-corrected chi connectivity index (χ4v) is 2.39. The number of rotatable bonds is 0. The van der Waals surface area contributed by atoms with Crippen molar-refractivity contribution in [3.63, 3.8) is 0 Å². The Kier molecular flexibility index (Phi) is 2.14. The molecule has 0 atom stereocenters. The van der Waals surface area contributed by atoms with Gasteiger partial charge in [0.1, 0.15) is 0 Å². The fraction of sp³-hybridized carbons (Fsp3) is 0.429. The number of nitrogens with zero attached hydrogens (tertiary/aromatic N) is 1. The predicted octanol–water partition coefficient (Wildman–Crippen LogP) is 4.01. The number of hydrogen-bond donors (Lipinski definition) is 0. The highest BCUT2D eigenvalue weighted by Gasteiger charge is 2.19. The summed E-state index contributed by atoms with van der Waals surface area (Å²) in [6, 6.07) is 8.64. The lowest BCUT2D eigenvalue weighted by Gasteiger charge is -2.25. The third-order valence-electron chi connectivity index (χ3n) is 3.10. The lowest BCUT2D eigenvalue weighted by atomic mass is 10.1. The maximum absolute atomic E-state index is 2.43. The Balaban J connectivity index is 2.90. The van der Waals surface area contributed by atoms with Crippen molar-refractivity contribution in [2.45, 2.75) is 40.2 Å². The standard InChI is InChI=1S/C14H19N/c1-10-11(2)15(14(3,4)5)13-9-7-6-8-12(10)13/h6-9H,1-5H3. The fourth-order valence-electron chi connectivity index (χ4n) is 2.39. The van der Waals surface area contributed by atoms with Crippen LogP contribution in [0.4, 0.5) is 0 Å². The van der Waals surface area contributed by atoms with Gasteiger partial charge in [-0.2, -0.15) is 0 Å². The van der Waals surface area contributed by atoms with Crippen LogP contribution in [-0.2, 0) is 5.54 Å². The van der Waals surface area contributed by atoms with Gasteiger partial charge in [-0.1, -0.05) is 18.2 Å². The maximum atomic E-state index is 2.43. The minimum Gasteiger partial charge on any atom is -0.339 e. The van der Waals surface area contributed by atoms with E-state index in [4.69, 9.17) is 0 Å². The monoisotopic (exact) mass is 201 g/mol. The zero-order valence-electron chi connectivity index (χ0n) is 10.3. The van der Waals surface area contributed by atoms with Gasteiger partial charge in [-0.15, -0.1) is 0 Å². The van der Waals surface area contributed by atoms with Crippen molar-refractivity contribution in [3.05, 3.63) is 35.5 Å². The first-order valence-corrected chi connectivity index (χ1v) is 5.50. The van der Waals surface area contributed by atoms with Gasteiger partial charge in [0.05, 0.1) is 0 Å². The van der Waals surface area contributed by atoms with E-state index in [1.807, 2.05) is 0 Å². The second-order valence-corrected chi connectivity index (χ2v) is 5.23. The number of aryl methyl sites for hydroxylation is 1. The van der Waals surface area contributed by atoms with Crippen molar-refractivity contribution in [1.82, 2.24) is 4.57 Å². The summed E-state index contributed by atoms with van der Waals surface area (Å²) in [5.41, 5.74) is 4.28. The molecule has 0 unspecified atom stereocenters. The van der Waals surface area contributed by atoms with Crippen LogP contribution in [0.15, 0.2) is 24.3 Å². The molecule has 1 nitrogen and oxygen atoms in total. The highest BCUT2D eigenvalue weighted by molar-refractivity contribution is 5.85. The second-order valence-electron chi connectivity index (χ2n) is 5.23. The van der Waals surface area contributed by atoms with Crippen LogP contribution in [0.2, 0.25) is 0 Å². The van der Waals surface area contributed by atoms with E-state index in [0.717, 1.165) is 0 Å². The van der Waals surface area contributed by atoms with Crippen LogP contribution in [0.1, 0.15) is 32.0 Å². The quantitative estimate of drug-likeness (QED) is 0.607. The first-order valence-electron chi connectivity index (χ1n) is 5.50. The van der Waals surface area contributed by atoms with Crippen LogP contribution in [0.25, 0.3) is 10.9 Å². The van der Waals surface area contributed by atoms with Crippen molar-refractivity contribution >= 4 is 10.9 Å². The summed E-state index contributed by atoms with van der Waals surface area (Å²) in [4.78, 5) is 0. The van der Waals surface area contributed by atoms with Gasteiger partial charge in [0.15, 0.2) is 0 Å². The molecule has 80 valence electrons. The van der Waals surface area contributed by atoms with E-state index in [2.05, 4.69) is 63.5 Å². The first kappa shape index (κ1) is 10.3. The van der Waals surface area contributed by atoms with E-state index < -0.39 is 0 Å². The molecule has 0 N–H and O–H groups in total. The molecule has 1 aromatic carbocycles. The molecule has 0 aliphatic rings. The molecule has 0 aliphatic carbocycles. The molecule has 0 bridgehead atoms. The van der Waals surface area contributed by atoms with Gasteiger partial charge in [0.25, 0.3) is 0 Å². The molecule has 0 fully saturated rings. The Hall–Kier alpha value is -1.24. The lowest BCUT2D eigenvalue weighted by molar-refractivity contribution is 0.402. The molecule has 0 aliphatic heterocycles. The van der Waals surface area contributed by atoms with Gasteiger partial charge in [-0.3, -0.25) is 0 Å². The summed E-state index contributed by atoms with van der Waals surface area (Å²) in [6.45, 7) is 11.2. The highest BCUT2D eigenvalue weighted by Crippen LogP contribution is 2.30. The number of benzene rings is 1. The van der Waals surface area contributed by atoms with Gasteiger partial charge < -0.3 is 4.57 Å². The van der Waals surface area contributed by atoms with Crippen molar-refractivity contribution in [2.75, 3.05) is 0 Å². The van der Waals surface area contributed by atoms with E-state index in [1.54, 1.807) is 0 Å². The zero-order valence-corrected chi connectivity index (χ0v) is 10.3. The lowest BCUT2D eigenvalue weighted by Crippen LogP contribution is -2.22. The third-order valence-corrected chi connectivity index (χ3v) is 3.10. The highest BCUT2D eigenvalue weighted by atomic mass is 15.1. The Morgan fingerprint density at radius 3 is 2.20 bits per heavy atom. The maximum Gasteiger partial charge on any atom is 0.0490 e. The molecule has 2 rings (SSSR count). The summed E-state index contributed by atoms with van der Waals surface area (Å²) in [7, 11) is 0. The molecule has 0 radical (unpaired) electrons. The van der Waals surface area contributed by atoms with Crippen LogP contribution in [0.3, 0.4) is 0 Å². The van der Waals surface area contributed by atoms with Crippen LogP contribution in [0, 0.1) is 13.8 Å². The minimum atomic E-state index is 0.151. The van der Waals surface area contributed by atoms with Crippen LogP contribution in [-0.4, -0.2) is 4.57 Å². The Morgan fingerprint density at radius 2 is 1.60 bits per heavy atom. The first-order chi connectivity index (χ1) is 6.93. The average molecular weight is 201 g/mol. The molecule has 1 heteroatoms. The Labute approximate surface area is 91.7 Å². The molecular formula is C14H19N. The molecule has 1 aromatic heterocycles. The zero-order chi connectivity index (χ0) is 11.2. The number of fused-ring (bicyclic) bond motifs is 1. The second kappa shape index (κ2) is 3.13. The van der Waals surface area contributed by atoms with Crippen molar-refractivity contribution in [2.24, 2.45) is 0 Å². The van der Waals surface area contributed by atoms with Crippen LogP contribution >= 0.6 is 0 Å². The van der Waals surface area contributed by atoms with Crippen LogP contribution < -0.4 is 0 Å². The minimum absolute atomic E-state index is 0.151. The SMILES string of the molecule is Cc1c(C)n(C(C)(C)C)c2ccccc12. The summed E-state index contributed by atoms with van der Waals surface area (Å²) in [5, 5.41) is 1.38. The largest absolute Gasteiger partial charge is 0.339 e. The van der Waals surface area contributed by atoms with Crippen molar-refractivity contribution in [3.8, 4) is 0 Å². The van der Waals surface area contributed by atoms with E-state index in [0.29, 0.717) is 0 Å². The number of aromatic nitrogens is 1. The molecule has 2 aromatic rings. The van der Waals surface area contributed by atoms with Gasteiger partial charge in [-0.05, 0) is 46.2 Å². The Bertz CT molecular complexity index is 498. The van der Waals surface area contributed by atoms with Crippen molar-refractivity contribution < 1.29 is 0 Å². The Morgan fingerprint density at radius 1 is 1.00 bits per heavy atom. The molecule has 1 heterocycles. The normalized spacial score (nSPS) is 12.3. The summed E-state index contributed by atoms with van der Waals surface area (Å²) >= 11 is 0. The van der Waals surface area contributed by atoms with Gasteiger partial charge in [0.2, 0.25) is 0 Å². The molecular weight excluding hydrogens is 182 g/mol. The van der Waals surface area contributed by atoms with Gasteiger partial charge in [-0.25, -0.2) is 0 Å². The van der Waals surface area contributed by atoms with E-state index in [9.17, 15) is 0 Å². The summed E-state index contributed by atoms with van der Waals surface area (Å²) in [5.74, 6) is 0. The average Bonchev–Trinajstić information content (AvgIpc) is 2.39. The third kappa shape index (κ3) is 1.46. The van der Waals surface area contributed by atoms with Gasteiger partial charge >= 0.3 is 0 Å². The van der Waals surface area contributed by atoms with E-state index in [-0.39, 0.29) is 5.54 Å². The summed E-state index contributed by atoms with van der Waals surface area (Å²) < 4.78 is 2.43. The molecule has 0 saturated carbocycles. The molecule has 0 saturated heterocycles. The van der Waals surface area contributed by atoms with Crippen LogP contribution in [0.5, 0.6) is 0 Å². The topological polar surface area (TPSA) is 4.93 Å². The van der Waals surface area contributed by atoms with Crippen molar-refractivity contribution in [1.29, 1.82) is 0 Å². The number of para-hydroxylation sites is 1.